The van der Waals surface area contributed by atoms with E-state index in [-0.39, 0.29) is 45.0 Å². The van der Waals surface area contributed by atoms with Crippen LogP contribution < -0.4 is 5.73 Å². The molecule has 0 radical (unpaired) electrons. The molecule has 0 aliphatic carbocycles. The molecule has 3 heterocycles. The van der Waals surface area contributed by atoms with E-state index in [4.69, 9.17) is 15.2 Å². The normalized spacial score (nSPS) is 23.8. The Morgan fingerprint density at radius 2 is 2.19 bits per heavy atom. The Kier molecular flexibility index (Phi) is 5.35. The van der Waals surface area contributed by atoms with E-state index in [2.05, 4.69) is 0 Å². The number of nitrogen functional groups attached to an aromatic ring is 1. The first-order valence-corrected chi connectivity index (χ1v) is 10.2. The van der Waals surface area contributed by atoms with E-state index in [0.29, 0.717) is 18.6 Å². The van der Waals surface area contributed by atoms with Gasteiger partial charge in [0.05, 0.1) is 17.0 Å². The molecule has 8 nitrogen and oxygen atoms in total. The van der Waals surface area contributed by atoms with E-state index in [1.165, 1.54) is 0 Å². The van der Waals surface area contributed by atoms with Gasteiger partial charge in [-0.15, -0.1) is 23.1 Å². The maximum atomic E-state index is 12.6. The summed E-state index contributed by atoms with van der Waals surface area (Å²) in [7, 11) is 0. The molecule has 1 aromatic rings. The second kappa shape index (κ2) is 7.40. The van der Waals surface area contributed by atoms with Crippen LogP contribution in [0.1, 0.15) is 47.5 Å². The summed E-state index contributed by atoms with van der Waals surface area (Å²) >= 11 is 2.50. The molecule has 0 saturated carbocycles. The molecule has 0 unspecified atom stereocenters. The van der Waals surface area contributed by atoms with Crippen LogP contribution >= 0.6 is 23.1 Å². The summed E-state index contributed by atoms with van der Waals surface area (Å²) in [4.78, 5) is 38.2. The summed E-state index contributed by atoms with van der Waals surface area (Å²) in [6, 6.07) is 1.28. The molecule has 0 spiro atoms. The number of amides is 1. The molecule has 0 aromatic carbocycles. The molecule has 2 N–H and O–H groups in total. The molecule has 2 fully saturated rings. The molecule has 1 amide bonds. The number of hydrogen-bond donors (Lipinski definition) is 1. The van der Waals surface area contributed by atoms with Crippen molar-refractivity contribution in [1.29, 1.82) is 5.26 Å². The van der Waals surface area contributed by atoms with Gasteiger partial charge >= 0.3 is 11.9 Å². The molecule has 2 aliphatic rings. The SMILES string of the molecule is CCOC(=O)c1sc(N)c(C#N)c1COC(=O)[C@@H]1CS[C@@]2(C)CCC(=O)N12. The van der Waals surface area contributed by atoms with Gasteiger partial charge in [-0.05, 0) is 20.3 Å². The van der Waals surface area contributed by atoms with Crippen molar-refractivity contribution >= 4 is 45.9 Å². The van der Waals surface area contributed by atoms with Gasteiger partial charge in [0.25, 0.3) is 0 Å². The first-order chi connectivity index (χ1) is 12.8. The van der Waals surface area contributed by atoms with E-state index in [1.807, 2.05) is 13.0 Å². The molecular weight excluding hydrogens is 390 g/mol. The second-order valence-electron chi connectivity index (χ2n) is 6.35. The average Bonchev–Trinajstić information content (AvgIpc) is 3.24. The predicted octanol–water partition coefficient (Wildman–Crippen LogP) is 1.88. The van der Waals surface area contributed by atoms with Gasteiger partial charge in [0.1, 0.15) is 28.6 Å². The third kappa shape index (κ3) is 3.37. The highest BCUT2D eigenvalue weighted by Crippen LogP contribution is 2.47. The summed E-state index contributed by atoms with van der Waals surface area (Å²) in [6.45, 7) is 3.51. The maximum Gasteiger partial charge on any atom is 0.348 e. The lowest BCUT2D eigenvalue weighted by atomic mass is 10.1. The molecule has 2 atom stereocenters. The number of thiophene rings is 1. The lowest BCUT2D eigenvalue weighted by Gasteiger charge is -2.29. The Labute approximate surface area is 164 Å². The van der Waals surface area contributed by atoms with E-state index < -0.39 is 18.0 Å². The number of ether oxygens (including phenoxy) is 2. The Balaban J connectivity index is 1.77. The minimum atomic E-state index is -0.664. The van der Waals surface area contributed by atoms with Gasteiger partial charge in [-0.2, -0.15) is 5.26 Å². The van der Waals surface area contributed by atoms with Crippen LogP contribution in [0.4, 0.5) is 5.00 Å². The monoisotopic (exact) mass is 409 g/mol. The van der Waals surface area contributed by atoms with Crippen molar-refractivity contribution in [3.8, 4) is 6.07 Å². The van der Waals surface area contributed by atoms with Gasteiger partial charge in [0.2, 0.25) is 5.91 Å². The van der Waals surface area contributed by atoms with Crippen LogP contribution in [-0.4, -0.2) is 46.0 Å². The number of esters is 2. The number of carbonyl (C=O) groups excluding carboxylic acids is 3. The first-order valence-electron chi connectivity index (χ1n) is 8.43. The fourth-order valence-corrected chi connectivity index (χ4v) is 5.68. The smallest absolute Gasteiger partial charge is 0.348 e. The van der Waals surface area contributed by atoms with Crippen LogP contribution in [0.3, 0.4) is 0 Å². The summed E-state index contributed by atoms with van der Waals surface area (Å²) in [5.41, 5.74) is 6.17. The van der Waals surface area contributed by atoms with Crippen LogP contribution in [-0.2, 0) is 25.7 Å². The first kappa shape index (κ1) is 19.5. The van der Waals surface area contributed by atoms with E-state index >= 15 is 0 Å². The van der Waals surface area contributed by atoms with Crippen molar-refractivity contribution in [1.82, 2.24) is 4.90 Å². The van der Waals surface area contributed by atoms with Gasteiger partial charge in [-0.1, -0.05) is 0 Å². The highest BCUT2D eigenvalue weighted by Gasteiger charge is 2.53. The number of rotatable bonds is 5. The number of hydrogen-bond acceptors (Lipinski definition) is 9. The summed E-state index contributed by atoms with van der Waals surface area (Å²) in [5, 5.41) is 9.49. The molecule has 0 bridgehead atoms. The molecule has 144 valence electrons. The lowest BCUT2D eigenvalue weighted by Crippen LogP contribution is -2.46. The number of carbonyl (C=O) groups is 3. The van der Waals surface area contributed by atoms with Gasteiger partial charge in [-0.3, -0.25) is 4.79 Å². The maximum absolute atomic E-state index is 12.6. The Bertz CT molecular complexity index is 846. The number of nitriles is 1. The molecule has 2 aliphatic heterocycles. The highest BCUT2D eigenvalue weighted by atomic mass is 32.2. The molecule has 1 aromatic heterocycles. The minimum Gasteiger partial charge on any atom is -0.462 e. The summed E-state index contributed by atoms with van der Waals surface area (Å²) < 4.78 is 10.4. The molecule has 3 rings (SSSR count). The third-order valence-electron chi connectivity index (χ3n) is 4.68. The minimum absolute atomic E-state index is 0.0610. The van der Waals surface area contributed by atoms with Crippen LogP contribution in [0, 0.1) is 11.3 Å². The zero-order chi connectivity index (χ0) is 19.8. The van der Waals surface area contributed by atoms with E-state index in [0.717, 1.165) is 11.3 Å². The Hall–Kier alpha value is -2.25. The van der Waals surface area contributed by atoms with Crippen molar-refractivity contribution in [2.45, 2.75) is 44.2 Å². The van der Waals surface area contributed by atoms with Crippen molar-refractivity contribution in [2.24, 2.45) is 0 Å². The fraction of sp³-hybridized carbons (Fsp3) is 0.529. The summed E-state index contributed by atoms with van der Waals surface area (Å²) in [6.07, 6.45) is 1.12. The molecule has 27 heavy (non-hydrogen) atoms. The van der Waals surface area contributed by atoms with Gasteiger partial charge < -0.3 is 20.1 Å². The van der Waals surface area contributed by atoms with Crippen molar-refractivity contribution in [2.75, 3.05) is 18.1 Å². The fourth-order valence-electron chi connectivity index (χ4n) is 3.34. The molecular formula is C17H19N3O5S2. The van der Waals surface area contributed by atoms with E-state index in [9.17, 15) is 19.6 Å². The van der Waals surface area contributed by atoms with Crippen LogP contribution in [0.25, 0.3) is 0 Å². The van der Waals surface area contributed by atoms with Crippen molar-refractivity contribution in [3.05, 3.63) is 16.0 Å². The van der Waals surface area contributed by atoms with Crippen molar-refractivity contribution < 1.29 is 23.9 Å². The number of fused-ring (bicyclic) bond motifs is 1. The average molecular weight is 409 g/mol. The van der Waals surface area contributed by atoms with Gasteiger partial charge in [0, 0.05) is 17.7 Å². The largest absolute Gasteiger partial charge is 0.462 e. The number of anilines is 1. The number of thioether (sulfide) groups is 1. The van der Waals surface area contributed by atoms with Crippen LogP contribution in [0.2, 0.25) is 0 Å². The van der Waals surface area contributed by atoms with Crippen LogP contribution in [0.5, 0.6) is 0 Å². The topological polar surface area (TPSA) is 123 Å². The van der Waals surface area contributed by atoms with Gasteiger partial charge in [-0.25, -0.2) is 9.59 Å². The van der Waals surface area contributed by atoms with E-state index in [1.54, 1.807) is 23.6 Å². The lowest BCUT2D eigenvalue weighted by molar-refractivity contribution is -0.154. The Morgan fingerprint density at radius 3 is 2.85 bits per heavy atom. The number of nitrogens with zero attached hydrogens (tertiary/aromatic N) is 2. The standard InChI is InChI=1S/C17H19N3O5S2/c1-3-24-16(23)13-10(9(6-18)14(19)27-13)7-25-15(22)11-8-26-17(2)5-4-12(21)20(11)17/h11H,3-5,7-8,19H2,1-2H3/t11-,17-/m0/s1. The highest BCUT2D eigenvalue weighted by molar-refractivity contribution is 8.01. The quantitative estimate of drug-likeness (QED) is 0.731. The molecule has 2 saturated heterocycles. The number of nitrogens with two attached hydrogens (primary N) is 1. The summed E-state index contributed by atoms with van der Waals surface area (Å²) in [5.74, 6) is -0.762. The Morgan fingerprint density at radius 1 is 1.44 bits per heavy atom. The zero-order valence-electron chi connectivity index (χ0n) is 14.9. The van der Waals surface area contributed by atoms with Gasteiger partial charge in [0.15, 0.2) is 0 Å². The zero-order valence-corrected chi connectivity index (χ0v) is 16.6. The predicted molar refractivity (Wildman–Crippen MR) is 99.9 cm³/mol. The molecule has 10 heteroatoms. The third-order valence-corrected chi connectivity index (χ3v) is 7.23. The second-order valence-corrected chi connectivity index (χ2v) is 8.91. The van der Waals surface area contributed by atoms with Crippen molar-refractivity contribution in [3.63, 3.8) is 0 Å². The van der Waals surface area contributed by atoms with Crippen LogP contribution in [0.15, 0.2) is 0 Å².